The normalized spacial score (nSPS) is 11.6. The molecule has 1 heterocycles. The zero-order valence-corrected chi connectivity index (χ0v) is 16.3. The van der Waals surface area contributed by atoms with Crippen molar-refractivity contribution < 1.29 is 4.79 Å². The Labute approximate surface area is 164 Å². The number of rotatable bonds is 6. The van der Waals surface area contributed by atoms with E-state index in [1.165, 1.54) is 0 Å². The number of halogens is 1. The number of para-hydroxylation sites is 1. The number of nitrogens with zero attached hydrogens (tertiary/aromatic N) is 2. The quantitative estimate of drug-likeness (QED) is 0.431. The summed E-state index contributed by atoms with van der Waals surface area (Å²) in [5.41, 5.74) is 6.33. The number of carbonyl (C=O) groups excluding carboxylic acids is 1. The van der Waals surface area contributed by atoms with E-state index in [0.29, 0.717) is 27.2 Å². The molecule has 0 spiro atoms. The first-order valence-corrected chi connectivity index (χ1v) is 9.46. The molecule has 3 aromatic rings. The molecule has 0 unspecified atom stereocenters. The number of aromatic nitrogens is 1. The van der Waals surface area contributed by atoms with Gasteiger partial charge in [0.2, 0.25) is 0 Å². The molecular formula is C22H22ClN3O. The van der Waals surface area contributed by atoms with Crippen LogP contribution in [0, 0.1) is 0 Å². The first-order valence-electron chi connectivity index (χ1n) is 9.08. The van der Waals surface area contributed by atoms with Crippen molar-refractivity contribution in [2.24, 2.45) is 5.10 Å². The highest BCUT2D eigenvalue weighted by Gasteiger charge is 2.15. The zero-order valence-electron chi connectivity index (χ0n) is 15.5. The highest BCUT2D eigenvalue weighted by Crippen LogP contribution is 2.29. The van der Waals surface area contributed by atoms with Gasteiger partial charge in [-0.15, -0.1) is 0 Å². The Balaban J connectivity index is 2.03. The fourth-order valence-corrected chi connectivity index (χ4v) is 3.07. The third-order valence-electron chi connectivity index (χ3n) is 4.34. The highest BCUT2D eigenvalue weighted by atomic mass is 35.5. The number of unbranched alkanes of at least 4 members (excludes halogenated alkanes) is 1. The van der Waals surface area contributed by atoms with Gasteiger partial charge >= 0.3 is 0 Å². The minimum atomic E-state index is -0.266. The number of nitrogens with one attached hydrogen (secondary N) is 1. The summed E-state index contributed by atoms with van der Waals surface area (Å²) in [6.45, 7) is 4.05. The van der Waals surface area contributed by atoms with Gasteiger partial charge in [0.15, 0.2) is 0 Å². The number of hydrogen-bond donors (Lipinski definition) is 1. The Kier molecular flexibility index (Phi) is 6.20. The lowest BCUT2D eigenvalue weighted by Crippen LogP contribution is -2.19. The van der Waals surface area contributed by atoms with Crippen LogP contribution in [0.3, 0.4) is 0 Å². The Morgan fingerprint density at radius 1 is 1.15 bits per heavy atom. The third-order valence-corrected chi connectivity index (χ3v) is 4.65. The molecule has 0 saturated carbocycles. The summed E-state index contributed by atoms with van der Waals surface area (Å²) in [4.78, 5) is 17.5. The number of carbonyl (C=O) groups is 1. The predicted molar refractivity (Wildman–Crippen MR) is 112 cm³/mol. The number of amides is 1. The molecule has 0 bridgehead atoms. The van der Waals surface area contributed by atoms with Crippen molar-refractivity contribution in [3.05, 3.63) is 65.2 Å². The molecule has 138 valence electrons. The summed E-state index contributed by atoms with van der Waals surface area (Å²) in [6.07, 6.45) is 3.01. The van der Waals surface area contributed by atoms with Crippen LogP contribution in [0.15, 0.2) is 59.7 Å². The fourth-order valence-electron chi connectivity index (χ4n) is 2.85. The molecule has 0 radical (unpaired) electrons. The first-order chi connectivity index (χ1) is 13.1. The largest absolute Gasteiger partial charge is 0.272 e. The van der Waals surface area contributed by atoms with Crippen LogP contribution >= 0.6 is 11.6 Å². The lowest BCUT2D eigenvalue weighted by Gasteiger charge is -2.10. The SMILES string of the molecule is CCCC/C(C)=N/NC(=O)c1cc(-c2ccccc2)nc2c(Cl)cccc12. The Morgan fingerprint density at radius 3 is 2.67 bits per heavy atom. The average molecular weight is 380 g/mol. The van der Waals surface area contributed by atoms with Crippen LogP contribution < -0.4 is 5.43 Å². The van der Waals surface area contributed by atoms with Crippen molar-refractivity contribution in [1.82, 2.24) is 10.4 Å². The summed E-state index contributed by atoms with van der Waals surface area (Å²) < 4.78 is 0. The predicted octanol–water partition coefficient (Wildman–Crippen LogP) is 5.85. The van der Waals surface area contributed by atoms with E-state index in [2.05, 4.69) is 22.4 Å². The summed E-state index contributed by atoms with van der Waals surface area (Å²) in [6, 6.07) is 17.0. The molecule has 1 amide bonds. The molecule has 0 aliphatic heterocycles. The molecule has 4 nitrogen and oxygen atoms in total. The van der Waals surface area contributed by atoms with Gasteiger partial charge in [-0.05, 0) is 31.9 Å². The molecule has 0 fully saturated rings. The van der Waals surface area contributed by atoms with Crippen molar-refractivity contribution in [2.45, 2.75) is 33.1 Å². The molecule has 2 aromatic carbocycles. The second kappa shape index (κ2) is 8.78. The number of benzene rings is 2. The van der Waals surface area contributed by atoms with E-state index in [9.17, 15) is 4.79 Å². The van der Waals surface area contributed by atoms with Gasteiger partial charge in [-0.3, -0.25) is 4.79 Å². The zero-order chi connectivity index (χ0) is 19.2. The van der Waals surface area contributed by atoms with Crippen LogP contribution in [0.1, 0.15) is 43.5 Å². The van der Waals surface area contributed by atoms with E-state index in [1.54, 1.807) is 12.1 Å². The third kappa shape index (κ3) is 4.52. The van der Waals surface area contributed by atoms with Crippen molar-refractivity contribution in [2.75, 3.05) is 0 Å². The van der Waals surface area contributed by atoms with Gasteiger partial charge in [-0.1, -0.05) is 67.4 Å². The Morgan fingerprint density at radius 2 is 1.93 bits per heavy atom. The monoisotopic (exact) mass is 379 g/mol. The molecule has 0 aliphatic carbocycles. The molecule has 0 saturated heterocycles. The van der Waals surface area contributed by atoms with Crippen molar-refractivity contribution in [3.8, 4) is 11.3 Å². The molecule has 1 N–H and O–H groups in total. The van der Waals surface area contributed by atoms with Gasteiger partial charge in [0.1, 0.15) is 0 Å². The van der Waals surface area contributed by atoms with Gasteiger partial charge in [-0.2, -0.15) is 5.10 Å². The lowest BCUT2D eigenvalue weighted by molar-refractivity contribution is 0.0956. The second-order valence-electron chi connectivity index (χ2n) is 6.45. The molecule has 3 rings (SSSR count). The van der Waals surface area contributed by atoms with E-state index < -0.39 is 0 Å². The second-order valence-corrected chi connectivity index (χ2v) is 6.86. The molecule has 0 aliphatic rings. The average Bonchev–Trinajstić information content (AvgIpc) is 2.70. The van der Waals surface area contributed by atoms with Crippen molar-refractivity contribution >= 4 is 34.1 Å². The maximum atomic E-state index is 12.8. The molecule has 27 heavy (non-hydrogen) atoms. The molecule has 0 atom stereocenters. The Hall–Kier alpha value is -2.72. The van der Waals surface area contributed by atoms with Crippen molar-refractivity contribution in [3.63, 3.8) is 0 Å². The van der Waals surface area contributed by atoms with Crippen LogP contribution in [0.25, 0.3) is 22.2 Å². The number of hydrazone groups is 1. The van der Waals surface area contributed by atoms with Gasteiger partial charge in [-0.25, -0.2) is 10.4 Å². The number of fused-ring (bicyclic) bond motifs is 1. The van der Waals surface area contributed by atoms with Crippen LogP contribution in [-0.2, 0) is 0 Å². The molecule has 5 heteroatoms. The summed E-state index contributed by atoms with van der Waals surface area (Å²) in [5, 5.41) is 5.46. The van der Waals surface area contributed by atoms with E-state index in [-0.39, 0.29) is 5.91 Å². The van der Waals surface area contributed by atoms with Crippen LogP contribution in [0.2, 0.25) is 5.02 Å². The summed E-state index contributed by atoms with van der Waals surface area (Å²) in [7, 11) is 0. The number of hydrogen-bond acceptors (Lipinski definition) is 3. The highest BCUT2D eigenvalue weighted by molar-refractivity contribution is 6.35. The van der Waals surface area contributed by atoms with E-state index in [4.69, 9.17) is 11.6 Å². The summed E-state index contributed by atoms with van der Waals surface area (Å²) >= 11 is 6.36. The number of pyridine rings is 1. The Bertz CT molecular complexity index is 984. The van der Waals surface area contributed by atoms with Crippen LogP contribution in [0.4, 0.5) is 0 Å². The van der Waals surface area contributed by atoms with Crippen LogP contribution in [0.5, 0.6) is 0 Å². The van der Waals surface area contributed by atoms with E-state index in [1.807, 2.05) is 49.4 Å². The minimum Gasteiger partial charge on any atom is -0.267 e. The van der Waals surface area contributed by atoms with Gasteiger partial charge in [0.05, 0.1) is 21.8 Å². The lowest BCUT2D eigenvalue weighted by atomic mass is 10.0. The molecule has 1 aromatic heterocycles. The topological polar surface area (TPSA) is 54.4 Å². The van der Waals surface area contributed by atoms with Crippen LogP contribution in [-0.4, -0.2) is 16.6 Å². The maximum absolute atomic E-state index is 12.8. The van der Waals surface area contributed by atoms with Gasteiger partial charge < -0.3 is 0 Å². The summed E-state index contributed by atoms with van der Waals surface area (Å²) in [5.74, 6) is -0.266. The van der Waals surface area contributed by atoms with Gasteiger partial charge in [0, 0.05) is 16.7 Å². The van der Waals surface area contributed by atoms with E-state index >= 15 is 0 Å². The first kappa shape index (κ1) is 19.1. The van der Waals surface area contributed by atoms with Gasteiger partial charge in [0.25, 0.3) is 5.91 Å². The van der Waals surface area contributed by atoms with E-state index in [0.717, 1.165) is 30.5 Å². The minimum absolute atomic E-state index is 0.266. The fraction of sp³-hybridized carbons (Fsp3) is 0.227. The standard InChI is InChI=1S/C22H22ClN3O/c1-3-4-9-15(2)25-26-22(27)18-14-20(16-10-6-5-7-11-16)24-21-17(18)12-8-13-19(21)23/h5-8,10-14H,3-4,9H2,1-2H3,(H,26,27)/b25-15+. The maximum Gasteiger partial charge on any atom is 0.272 e. The van der Waals surface area contributed by atoms with Crippen molar-refractivity contribution in [1.29, 1.82) is 0 Å². The smallest absolute Gasteiger partial charge is 0.267 e. The molecular weight excluding hydrogens is 358 g/mol.